The SMILES string of the molecule is CC(C)c1nc(C(C)C)c2[nH]cnc2n1. The smallest absolute Gasteiger partial charge is 0.181 e. The molecule has 2 aromatic heterocycles. The van der Waals surface area contributed by atoms with Crippen LogP contribution in [0.25, 0.3) is 11.2 Å². The maximum absolute atomic E-state index is 4.59. The van der Waals surface area contributed by atoms with E-state index in [1.807, 2.05) is 0 Å². The molecule has 0 amide bonds. The highest BCUT2D eigenvalue weighted by Crippen LogP contribution is 2.22. The molecule has 0 atom stereocenters. The summed E-state index contributed by atoms with van der Waals surface area (Å²) in [5.41, 5.74) is 2.80. The van der Waals surface area contributed by atoms with Gasteiger partial charge in [0.2, 0.25) is 0 Å². The van der Waals surface area contributed by atoms with E-state index in [1.165, 1.54) is 0 Å². The van der Waals surface area contributed by atoms with Gasteiger partial charge in [-0.25, -0.2) is 15.0 Å². The summed E-state index contributed by atoms with van der Waals surface area (Å²) in [7, 11) is 0. The molecule has 0 saturated carbocycles. The Hall–Kier alpha value is -1.45. The van der Waals surface area contributed by atoms with Gasteiger partial charge in [-0.3, -0.25) is 0 Å². The summed E-state index contributed by atoms with van der Waals surface area (Å²) >= 11 is 0. The number of nitrogens with zero attached hydrogens (tertiary/aromatic N) is 3. The third-order valence-corrected chi connectivity index (χ3v) is 2.39. The molecule has 0 aliphatic carbocycles. The van der Waals surface area contributed by atoms with E-state index >= 15 is 0 Å². The van der Waals surface area contributed by atoms with Crippen molar-refractivity contribution < 1.29 is 0 Å². The van der Waals surface area contributed by atoms with Crippen LogP contribution in [-0.4, -0.2) is 19.9 Å². The summed E-state index contributed by atoms with van der Waals surface area (Å²) in [6.45, 7) is 8.45. The third-order valence-electron chi connectivity index (χ3n) is 2.39. The van der Waals surface area contributed by atoms with Gasteiger partial charge >= 0.3 is 0 Å². The number of aromatic amines is 1. The topological polar surface area (TPSA) is 54.5 Å². The number of hydrogen-bond donors (Lipinski definition) is 1. The minimum atomic E-state index is 0.337. The second kappa shape index (κ2) is 3.61. The minimum Gasteiger partial charge on any atom is -0.342 e. The van der Waals surface area contributed by atoms with Crippen molar-refractivity contribution in [2.75, 3.05) is 0 Å². The summed E-state index contributed by atoms with van der Waals surface area (Å²) in [6.07, 6.45) is 1.68. The molecule has 0 aromatic carbocycles. The van der Waals surface area contributed by atoms with Gasteiger partial charge in [-0.2, -0.15) is 0 Å². The fourth-order valence-corrected chi connectivity index (χ4v) is 1.55. The number of hydrogen-bond acceptors (Lipinski definition) is 3. The Morgan fingerprint density at radius 1 is 1.07 bits per heavy atom. The summed E-state index contributed by atoms with van der Waals surface area (Å²) in [5, 5.41) is 0. The number of aromatic nitrogens is 4. The van der Waals surface area contributed by atoms with Gasteiger partial charge in [0.1, 0.15) is 11.3 Å². The maximum Gasteiger partial charge on any atom is 0.181 e. The number of fused-ring (bicyclic) bond motifs is 1. The molecule has 0 unspecified atom stereocenters. The van der Waals surface area contributed by atoms with E-state index in [1.54, 1.807) is 6.33 Å². The normalized spacial score (nSPS) is 11.9. The lowest BCUT2D eigenvalue weighted by Crippen LogP contribution is -2.04. The zero-order valence-corrected chi connectivity index (χ0v) is 9.57. The molecule has 2 aromatic rings. The number of H-pyrrole nitrogens is 1. The number of rotatable bonds is 2. The van der Waals surface area contributed by atoms with E-state index in [0.29, 0.717) is 11.8 Å². The van der Waals surface area contributed by atoms with Crippen LogP contribution < -0.4 is 0 Å². The number of imidazole rings is 1. The molecule has 0 spiro atoms. The van der Waals surface area contributed by atoms with E-state index in [9.17, 15) is 0 Å². The number of nitrogens with one attached hydrogen (secondary N) is 1. The van der Waals surface area contributed by atoms with Gasteiger partial charge in [0.05, 0.1) is 12.0 Å². The van der Waals surface area contributed by atoms with Crippen LogP contribution >= 0.6 is 0 Å². The average Bonchev–Trinajstić information content (AvgIpc) is 2.62. The predicted molar refractivity (Wildman–Crippen MR) is 59.9 cm³/mol. The molecule has 4 nitrogen and oxygen atoms in total. The summed E-state index contributed by atoms with van der Waals surface area (Å²) < 4.78 is 0. The van der Waals surface area contributed by atoms with Crippen LogP contribution in [-0.2, 0) is 0 Å². The van der Waals surface area contributed by atoms with E-state index in [0.717, 1.165) is 22.7 Å². The van der Waals surface area contributed by atoms with E-state index in [4.69, 9.17) is 0 Å². The molecule has 2 rings (SSSR count). The molecule has 0 radical (unpaired) electrons. The predicted octanol–water partition coefficient (Wildman–Crippen LogP) is 2.60. The van der Waals surface area contributed by atoms with Gasteiger partial charge in [-0.05, 0) is 5.92 Å². The Kier molecular flexibility index (Phi) is 2.42. The highest BCUT2D eigenvalue weighted by Gasteiger charge is 2.14. The van der Waals surface area contributed by atoms with Crippen molar-refractivity contribution >= 4 is 11.2 Å². The summed E-state index contributed by atoms with van der Waals surface area (Å²) in [5.74, 6) is 1.59. The van der Waals surface area contributed by atoms with Crippen molar-refractivity contribution in [3.63, 3.8) is 0 Å². The third kappa shape index (κ3) is 1.71. The molecule has 0 aliphatic heterocycles. The van der Waals surface area contributed by atoms with Gasteiger partial charge in [0, 0.05) is 5.92 Å². The zero-order chi connectivity index (χ0) is 11.0. The van der Waals surface area contributed by atoms with Crippen molar-refractivity contribution in [3.05, 3.63) is 17.8 Å². The Morgan fingerprint density at radius 2 is 1.80 bits per heavy atom. The van der Waals surface area contributed by atoms with Gasteiger partial charge in [0.25, 0.3) is 0 Å². The van der Waals surface area contributed by atoms with Crippen molar-refractivity contribution in [2.24, 2.45) is 0 Å². The quantitative estimate of drug-likeness (QED) is 0.818. The van der Waals surface area contributed by atoms with Crippen molar-refractivity contribution in [3.8, 4) is 0 Å². The zero-order valence-electron chi connectivity index (χ0n) is 9.57. The molecule has 0 saturated heterocycles. The average molecular weight is 204 g/mol. The van der Waals surface area contributed by atoms with Gasteiger partial charge in [0.15, 0.2) is 5.65 Å². The molecular weight excluding hydrogens is 188 g/mol. The molecule has 15 heavy (non-hydrogen) atoms. The van der Waals surface area contributed by atoms with Crippen LogP contribution in [0.15, 0.2) is 6.33 Å². The van der Waals surface area contributed by atoms with Crippen LogP contribution in [0.3, 0.4) is 0 Å². The van der Waals surface area contributed by atoms with Gasteiger partial charge in [-0.1, -0.05) is 27.7 Å². The van der Waals surface area contributed by atoms with Crippen molar-refractivity contribution in [2.45, 2.75) is 39.5 Å². The van der Waals surface area contributed by atoms with Crippen molar-refractivity contribution in [1.82, 2.24) is 19.9 Å². The molecule has 1 N–H and O–H groups in total. The molecule has 0 bridgehead atoms. The van der Waals surface area contributed by atoms with Crippen molar-refractivity contribution in [1.29, 1.82) is 0 Å². The first kappa shape index (κ1) is 10.1. The van der Waals surface area contributed by atoms with Gasteiger partial charge < -0.3 is 4.98 Å². The van der Waals surface area contributed by atoms with E-state index < -0.39 is 0 Å². The molecule has 0 fully saturated rings. The fourth-order valence-electron chi connectivity index (χ4n) is 1.55. The first-order chi connectivity index (χ1) is 7.09. The van der Waals surface area contributed by atoms with Crippen LogP contribution in [0.2, 0.25) is 0 Å². The Morgan fingerprint density at radius 3 is 2.40 bits per heavy atom. The van der Waals surface area contributed by atoms with Crippen LogP contribution in [0.5, 0.6) is 0 Å². The lowest BCUT2D eigenvalue weighted by atomic mass is 10.1. The second-order valence-corrected chi connectivity index (χ2v) is 4.38. The molecular formula is C11H16N4. The Balaban J connectivity index is 2.69. The summed E-state index contributed by atoms with van der Waals surface area (Å²) in [6, 6.07) is 0. The molecule has 4 heteroatoms. The van der Waals surface area contributed by atoms with E-state index in [-0.39, 0.29) is 0 Å². The van der Waals surface area contributed by atoms with Crippen LogP contribution in [0, 0.1) is 0 Å². The highest BCUT2D eigenvalue weighted by atomic mass is 15.0. The first-order valence-corrected chi connectivity index (χ1v) is 5.30. The highest BCUT2D eigenvalue weighted by molar-refractivity contribution is 5.73. The van der Waals surface area contributed by atoms with Gasteiger partial charge in [-0.15, -0.1) is 0 Å². The van der Waals surface area contributed by atoms with Crippen LogP contribution in [0.1, 0.15) is 51.0 Å². The Bertz CT molecular complexity index is 470. The molecule has 0 aliphatic rings. The first-order valence-electron chi connectivity index (χ1n) is 5.30. The lowest BCUT2D eigenvalue weighted by molar-refractivity contribution is 0.740. The molecule has 80 valence electrons. The largest absolute Gasteiger partial charge is 0.342 e. The fraction of sp³-hybridized carbons (Fsp3) is 0.545. The molecule has 2 heterocycles. The lowest BCUT2D eigenvalue weighted by Gasteiger charge is -2.09. The summed E-state index contributed by atoms with van der Waals surface area (Å²) in [4.78, 5) is 16.3. The van der Waals surface area contributed by atoms with E-state index in [2.05, 4.69) is 47.6 Å². The standard InChI is InChI=1S/C11H16N4/c1-6(2)8-9-11(13-5-12-9)15-10(14-8)7(3)4/h5-7H,1-4H3,(H,12,13,14,15). The monoisotopic (exact) mass is 204 g/mol. The Labute approximate surface area is 89.2 Å². The second-order valence-electron chi connectivity index (χ2n) is 4.38. The maximum atomic E-state index is 4.59. The van der Waals surface area contributed by atoms with Crippen LogP contribution in [0.4, 0.5) is 0 Å². The minimum absolute atomic E-state index is 0.337.